The molecule has 7 rings (SSSR count). The molecular formula is C36H52BrN9O6. The third-order valence-electron chi connectivity index (χ3n) is 10.1. The van der Waals surface area contributed by atoms with Crippen LogP contribution in [-0.2, 0) is 19.0 Å². The fourth-order valence-electron chi connectivity index (χ4n) is 7.44. The van der Waals surface area contributed by atoms with Crippen molar-refractivity contribution >= 4 is 50.5 Å². The van der Waals surface area contributed by atoms with Crippen LogP contribution in [0.2, 0.25) is 0 Å². The van der Waals surface area contributed by atoms with E-state index in [0.29, 0.717) is 44.2 Å². The van der Waals surface area contributed by atoms with Crippen molar-refractivity contribution in [2.45, 2.75) is 101 Å². The van der Waals surface area contributed by atoms with Gasteiger partial charge in [0.05, 0.1) is 55.6 Å². The Morgan fingerprint density at radius 1 is 0.827 bits per heavy atom. The number of morpholine rings is 1. The molecule has 1 amide bonds. The minimum Gasteiger partial charge on any atom is -0.393 e. The Hall–Kier alpha value is -3.41. The molecule has 0 radical (unpaired) electrons. The summed E-state index contributed by atoms with van der Waals surface area (Å²) in [7, 11) is 3.34. The van der Waals surface area contributed by atoms with Crippen molar-refractivity contribution in [1.29, 1.82) is 0 Å². The Balaban J connectivity index is 0.000000183. The fourth-order valence-corrected chi connectivity index (χ4v) is 7.95. The molecule has 0 bridgehead atoms. The number of amides is 1. The van der Waals surface area contributed by atoms with Crippen LogP contribution in [0, 0.1) is 0 Å². The summed E-state index contributed by atoms with van der Waals surface area (Å²) in [6, 6.07) is 4.42. The average molecular weight is 787 g/mol. The second-order valence-electron chi connectivity index (χ2n) is 14.2. The Labute approximate surface area is 312 Å². The molecule has 4 N–H and O–H groups in total. The minimum atomic E-state index is -0.223. The topological polar surface area (TPSA) is 173 Å². The van der Waals surface area contributed by atoms with E-state index in [4.69, 9.17) is 19.3 Å². The number of halogens is 1. The van der Waals surface area contributed by atoms with Crippen LogP contribution < -0.4 is 15.5 Å². The fraction of sp³-hybridized carbons (Fsp3) is 0.639. The highest BCUT2D eigenvalue weighted by molar-refractivity contribution is 9.10. The van der Waals surface area contributed by atoms with Crippen molar-refractivity contribution in [3.05, 3.63) is 40.4 Å². The summed E-state index contributed by atoms with van der Waals surface area (Å²) < 4.78 is 20.5. The summed E-state index contributed by atoms with van der Waals surface area (Å²) >= 11 is 3.61. The first kappa shape index (κ1) is 38.3. The molecule has 0 spiro atoms. The van der Waals surface area contributed by atoms with Crippen LogP contribution >= 0.6 is 15.9 Å². The molecule has 15 nitrogen and oxygen atoms in total. The molecular weight excluding hydrogens is 734 g/mol. The molecule has 0 aromatic carbocycles. The number of carbonyl (C=O) groups is 1. The molecule has 2 saturated carbocycles. The first-order valence-electron chi connectivity index (χ1n) is 18.3. The first-order valence-corrected chi connectivity index (χ1v) is 19.1. The van der Waals surface area contributed by atoms with Gasteiger partial charge in [0.15, 0.2) is 0 Å². The Kier molecular flexibility index (Phi) is 13.0. The zero-order valence-electron chi connectivity index (χ0n) is 30.5. The van der Waals surface area contributed by atoms with Gasteiger partial charge in [-0.25, -0.2) is 19.0 Å². The standard InChI is InChI=1S/C20H29N5O4.C16H23BrN4O2/c1-13(11-28-2)22-20-21-10-18-17(24-7-8-29-12-19(24)27)9-16(25(18)23-20)14-3-5-15(26)6-4-14;1-10(9-23-2)19-16-18-8-15-13(17)7-14(21(15)20-16)11-3-5-12(22)6-4-11/h9-10,13-15,26H,3-8,11-12H2,1-2H3,(H,22,23);7-8,10-12,22H,3-6,9H2,1-2H3,(H,19,20)/t13-,14?,15?;10-,11?,12?/m00/s1. The maximum absolute atomic E-state index is 12.4. The highest BCUT2D eigenvalue weighted by Crippen LogP contribution is 2.38. The van der Waals surface area contributed by atoms with Gasteiger partial charge < -0.3 is 40.0 Å². The third-order valence-corrected chi connectivity index (χ3v) is 10.7. The number of nitrogens with one attached hydrogen (secondary N) is 2. The minimum absolute atomic E-state index is 0.0507. The van der Waals surface area contributed by atoms with Gasteiger partial charge in [0.2, 0.25) is 11.9 Å². The van der Waals surface area contributed by atoms with E-state index in [2.05, 4.69) is 53.8 Å². The van der Waals surface area contributed by atoms with Crippen molar-refractivity contribution in [2.24, 2.45) is 0 Å². The highest BCUT2D eigenvalue weighted by Gasteiger charge is 2.30. The number of hydrogen-bond donors (Lipinski definition) is 4. The van der Waals surface area contributed by atoms with Gasteiger partial charge in [-0.15, -0.1) is 10.2 Å². The Bertz CT molecular complexity index is 1790. The number of aliphatic hydroxyl groups is 2. The lowest BCUT2D eigenvalue weighted by molar-refractivity contribution is -0.125. The molecule has 4 aromatic heterocycles. The van der Waals surface area contributed by atoms with Gasteiger partial charge in [-0.3, -0.25) is 4.79 Å². The van der Waals surface area contributed by atoms with Crippen LogP contribution in [0.3, 0.4) is 0 Å². The zero-order valence-corrected chi connectivity index (χ0v) is 32.1. The summed E-state index contributed by atoms with van der Waals surface area (Å²) in [4.78, 5) is 23.1. The monoisotopic (exact) mass is 785 g/mol. The first-order chi connectivity index (χ1) is 25.1. The van der Waals surface area contributed by atoms with Gasteiger partial charge in [-0.05, 0) is 93.3 Å². The molecule has 1 saturated heterocycles. The summed E-state index contributed by atoms with van der Waals surface area (Å²) in [6.07, 6.45) is 10.3. The smallest absolute Gasteiger partial charge is 0.253 e. The number of ether oxygens (including phenoxy) is 3. The van der Waals surface area contributed by atoms with Crippen molar-refractivity contribution in [3.63, 3.8) is 0 Å². The van der Waals surface area contributed by atoms with E-state index in [1.807, 2.05) is 29.1 Å². The number of fused-ring (bicyclic) bond motifs is 2. The van der Waals surface area contributed by atoms with Crippen LogP contribution in [0.25, 0.3) is 11.0 Å². The van der Waals surface area contributed by atoms with Gasteiger partial charge in [0, 0.05) is 60.5 Å². The molecule has 52 heavy (non-hydrogen) atoms. The van der Waals surface area contributed by atoms with E-state index in [-0.39, 0.29) is 42.7 Å². The summed E-state index contributed by atoms with van der Waals surface area (Å²) in [6.45, 7) is 6.32. The Morgan fingerprint density at radius 3 is 1.85 bits per heavy atom. The van der Waals surface area contributed by atoms with E-state index < -0.39 is 0 Å². The van der Waals surface area contributed by atoms with E-state index in [0.717, 1.165) is 78.3 Å². The average Bonchev–Trinajstić information content (AvgIpc) is 3.66. The SMILES string of the molecule is COC[C@H](C)Nc1ncc2c(Br)cc(C3CCC(O)CC3)n2n1.COC[C@H](C)Nc1ncc2c(N3CCOCC3=O)cc(C3CCC(O)CC3)n2n1. The predicted octanol–water partition coefficient (Wildman–Crippen LogP) is 4.51. The second-order valence-corrected chi connectivity index (χ2v) is 15.1. The van der Waals surface area contributed by atoms with Gasteiger partial charge in [-0.2, -0.15) is 0 Å². The van der Waals surface area contributed by atoms with Crippen molar-refractivity contribution in [3.8, 4) is 0 Å². The Morgan fingerprint density at radius 2 is 1.33 bits per heavy atom. The largest absolute Gasteiger partial charge is 0.393 e. The summed E-state index contributed by atoms with van der Waals surface area (Å²) in [5.41, 5.74) is 4.85. The molecule has 3 fully saturated rings. The summed E-state index contributed by atoms with van der Waals surface area (Å²) in [5, 5.41) is 35.5. The lowest BCUT2D eigenvalue weighted by Crippen LogP contribution is -2.41. The molecule has 4 aromatic rings. The number of anilines is 3. The van der Waals surface area contributed by atoms with Crippen LogP contribution in [0.1, 0.15) is 88.4 Å². The van der Waals surface area contributed by atoms with E-state index in [1.165, 1.54) is 5.69 Å². The van der Waals surface area contributed by atoms with Gasteiger partial charge >= 0.3 is 0 Å². The molecule has 2 aliphatic carbocycles. The highest BCUT2D eigenvalue weighted by atomic mass is 79.9. The molecule has 2 atom stereocenters. The van der Waals surface area contributed by atoms with Gasteiger partial charge in [-0.1, -0.05) is 0 Å². The third kappa shape index (κ3) is 9.02. The van der Waals surface area contributed by atoms with E-state index in [1.54, 1.807) is 25.3 Å². The number of hydrogen-bond acceptors (Lipinski definition) is 12. The lowest BCUT2D eigenvalue weighted by Gasteiger charge is -2.26. The quantitative estimate of drug-likeness (QED) is 0.168. The van der Waals surface area contributed by atoms with Crippen LogP contribution in [0.15, 0.2) is 29.0 Å². The van der Waals surface area contributed by atoms with Crippen LogP contribution in [0.5, 0.6) is 0 Å². The number of aromatic nitrogens is 6. The van der Waals surface area contributed by atoms with Gasteiger partial charge in [0.1, 0.15) is 12.1 Å². The predicted molar refractivity (Wildman–Crippen MR) is 201 cm³/mol. The normalized spacial score (nSPS) is 23.7. The second kappa shape index (κ2) is 17.6. The van der Waals surface area contributed by atoms with E-state index >= 15 is 0 Å². The molecule has 5 heterocycles. The number of aliphatic hydroxyl groups excluding tert-OH is 2. The maximum atomic E-state index is 12.4. The number of methoxy groups -OCH3 is 2. The molecule has 16 heteroatoms. The summed E-state index contributed by atoms with van der Waals surface area (Å²) in [5.74, 6) is 1.79. The van der Waals surface area contributed by atoms with Crippen LogP contribution in [-0.4, -0.2) is 117 Å². The zero-order chi connectivity index (χ0) is 36.8. The van der Waals surface area contributed by atoms with Crippen molar-refractivity contribution < 1.29 is 29.2 Å². The number of carbonyl (C=O) groups excluding carboxylic acids is 1. The maximum Gasteiger partial charge on any atom is 0.253 e. The van der Waals surface area contributed by atoms with Gasteiger partial charge in [0.25, 0.3) is 5.91 Å². The van der Waals surface area contributed by atoms with Crippen LogP contribution in [0.4, 0.5) is 17.6 Å². The molecule has 3 aliphatic rings. The van der Waals surface area contributed by atoms with Crippen molar-refractivity contribution in [2.75, 3.05) is 62.7 Å². The lowest BCUT2D eigenvalue weighted by atomic mass is 9.85. The van der Waals surface area contributed by atoms with E-state index in [9.17, 15) is 15.0 Å². The van der Waals surface area contributed by atoms with Crippen molar-refractivity contribution in [1.82, 2.24) is 29.2 Å². The number of nitrogens with zero attached hydrogens (tertiary/aromatic N) is 7. The number of rotatable bonds is 11. The molecule has 1 aliphatic heterocycles. The molecule has 0 unspecified atom stereocenters. The molecule has 284 valence electrons.